The van der Waals surface area contributed by atoms with E-state index in [4.69, 9.17) is 7.85 Å². The summed E-state index contributed by atoms with van der Waals surface area (Å²) in [5, 5.41) is 0. The van der Waals surface area contributed by atoms with Gasteiger partial charge in [0.2, 0.25) is 0 Å². The zero-order chi connectivity index (χ0) is 9.84. The highest BCUT2D eigenvalue weighted by atomic mass is 16.5. The van der Waals surface area contributed by atoms with Crippen LogP contribution in [0.2, 0.25) is 0 Å². The molecule has 0 fully saturated rings. The minimum absolute atomic E-state index is 0.329. The third kappa shape index (κ3) is 1.91. The quantitative estimate of drug-likeness (QED) is 0.501. The molecule has 2 nitrogen and oxygen atoms in total. The van der Waals surface area contributed by atoms with Gasteiger partial charge in [-0.15, -0.1) is 0 Å². The molecule has 13 heavy (non-hydrogen) atoms. The topological polar surface area (TPSA) is 26.3 Å². The molecule has 0 heterocycles. The van der Waals surface area contributed by atoms with E-state index in [9.17, 15) is 4.79 Å². The molecule has 1 rings (SSSR count). The molecule has 0 amide bonds. The molecule has 66 valence electrons. The Morgan fingerprint density at radius 3 is 2.77 bits per heavy atom. The lowest BCUT2D eigenvalue weighted by molar-refractivity contribution is 0.0599. The first-order chi connectivity index (χ1) is 6.20. The van der Waals surface area contributed by atoms with Gasteiger partial charge in [0.05, 0.1) is 20.5 Å². The number of benzene rings is 1. The fraction of sp³-hybridized carbons (Fsp3) is 0.300. The van der Waals surface area contributed by atoms with Gasteiger partial charge in [-0.25, -0.2) is 4.79 Å². The maximum Gasteiger partial charge on any atom is 0.338 e. The molecule has 0 aliphatic rings. The molecule has 0 aliphatic heterocycles. The monoisotopic (exact) mass is 174 g/mol. The molecule has 0 aliphatic carbocycles. The molecular weight excluding hydrogens is 163 g/mol. The Morgan fingerprint density at radius 2 is 2.23 bits per heavy atom. The van der Waals surface area contributed by atoms with Crippen LogP contribution in [0.5, 0.6) is 0 Å². The van der Waals surface area contributed by atoms with Crippen LogP contribution in [0.3, 0.4) is 0 Å². The summed E-state index contributed by atoms with van der Waals surface area (Å²) in [6, 6.07) is 5.47. The second-order valence-corrected chi connectivity index (χ2v) is 2.80. The Balaban J connectivity index is 3.20. The van der Waals surface area contributed by atoms with Crippen LogP contribution in [-0.4, -0.2) is 20.9 Å². The van der Waals surface area contributed by atoms with Crippen molar-refractivity contribution >= 4 is 13.8 Å². The number of rotatable bonds is 2. The number of hydrogen-bond donors (Lipinski definition) is 0. The van der Waals surface area contributed by atoms with Gasteiger partial charge in [-0.05, 0) is 24.1 Å². The van der Waals surface area contributed by atoms with Crippen LogP contribution < -0.4 is 0 Å². The van der Waals surface area contributed by atoms with Gasteiger partial charge < -0.3 is 4.74 Å². The van der Waals surface area contributed by atoms with Crippen molar-refractivity contribution in [2.75, 3.05) is 7.11 Å². The van der Waals surface area contributed by atoms with E-state index < -0.39 is 0 Å². The predicted octanol–water partition coefficient (Wildman–Crippen LogP) is 1.45. The van der Waals surface area contributed by atoms with E-state index in [1.54, 1.807) is 6.07 Å². The van der Waals surface area contributed by atoms with Crippen LogP contribution in [0.4, 0.5) is 0 Å². The van der Waals surface area contributed by atoms with Crippen LogP contribution in [0, 0.1) is 6.92 Å². The minimum Gasteiger partial charge on any atom is -0.465 e. The number of hydrogen-bond acceptors (Lipinski definition) is 2. The van der Waals surface area contributed by atoms with Crippen molar-refractivity contribution in [3.05, 3.63) is 34.9 Å². The Labute approximate surface area is 79.3 Å². The van der Waals surface area contributed by atoms with E-state index in [0.29, 0.717) is 11.9 Å². The molecule has 0 atom stereocenters. The Bertz CT molecular complexity index is 321. The van der Waals surface area contributed by atoms with Crippen molar-refractivity contribution < 1.29 is 9.53 Å². The second kappa shape index (κ2) is 4.12. The first kappa shape index (κ1) is 9.84. The molecule has 2 radical (unpaired) electrons. The van der Waals surface area contributed by atoms with E-state index in [2.05, 4.69) is 4.74 Å². The molecule has 0 aromatic heterocycles. The summed E-state index contributed by atoms with van der Waals surface area (Å²) in [6.45, 7) is 1.93. The highest BCUT2D eigenvalue weighted by Crippen LogP contribution is 2.14. The minimum atomic E-state index is -0.329. The molecular formula is C10H11BO2. The van der Waals surface area contributed by atoms with Gasteiger partial charge in [-0.2, -0.15) is 0 Å². The molecule has 0 spiro atoms. The maximum atomic E-state index is 11.3. The largest absolute Gasteiger partial charge is 0.465 e. The van der Waals surface area contributed by atoms with Crippen LogP contribution in [-0.2, 0) is 11.1 Å². The van der Waals surface area contributed by atoms with Gasteiger partial charge in [-0.3, -0.25) is 0 Å². The van der Waals surface area contributed by atoms with Crippen LogP contribution >= 0.6 is 0 Å². The van der Waals surface area contributed by atoms with Gasteiger partial charge >= 0.3 is 5.97 Å². The van der Waals surface area contributed by atoms with E-state index >= 15 is 0 Å². The number of esters is 1. The first-order valence-corrected chi connectivity index (χ1v) is 4.07. The zero-order valence-electron chi connectivity index (χ0n) is 7.83. The molecule has 0 bridgehead atoms. The van der Waals surface area contributed by atoms with Crippen molar-refractivity contribution in [2.45, 2.75) is 13.2 Å². The fourth-order valence-corrected chi connectivity index (χ4v) is 1.27. The smallest absolute Gasteiger partial charge is 0.338 e. The average molecular weight is 174 g/mol. The predicted molar refractivity (Wildman–Crippen MR) is 52.0 cm³/mol. The third-order valence-electron chi connectivity index (χ3n) is 2.02. The van der Waals surface area contributed by atoms with Gasteiger partial charge in [0.1, 0.15) is 0 Å². The van der Waals surface area contributed by atoms with E-state index in [0.717, 1.165) is 11.1 Å². The summed E-state index contributed by atoms with van der Waals surface area (Å²) in [6.07, 6.45) is 0.358. The van der Waals surface area contributed by atoms with Crippen LogP contribution in [0.1, 0.15) is 21.5 Å². The summed E-state index contributed by atoms with van der Waals surface area (Å²) in [5.74, 6) is -0.329. The lowest BCUT2D eigenvalue weighted by atomic mass is 9.89. The Morgan fingerprint density at radius 1 is 1.54 bits per heavy atom. The van der Waals surface area contributed by atoms with Crippen molar-refractivity contribution in [2.24, 2.45) is 0 Å². The second-order valence-electron chi connectivity index (χ2n) is 2.80. The molecule has 0 unspecified atom stereocenters. The molecule has 0 N–H and O–H groups in total. The number of aryl methyl sites for hydroxylation is 1. The first-order valence-electron chi connectivity index (χ1n) is 4.07. The lowest BCUT2D eigenvalue weighted by Crippen LogP contribution is -2.07. The summed E-state index contributed by atoms with van der Waals surface area (Å²) in [7, 11) is 6.90. The molecule has 1 aromatic rings. The van der Waals surface area contributed by atoms with Crippen LogP contribution in [0.15, 0.2) is 18.2 Å². The molecule has 0 saturated carbocycles. The zero-order valence-corrected chi connectivity index (χ0v) is 7.83. The third-order valence-corrected chi connectivity index (χ3v) is 2.02. The molecule has 1 aromatic carbocycles. The van der Waals surface area contributed by atoms with Crippen LogP contribution in [0.25, 0.3) is 0 Å². The Hall–Kier alpha value is -1.25. The molecule has 3 heteroatoms. The van der Waals surface area contributed by atoms with Gasteiger partial charge in [-0.1, -0.05) is 18.5 Å². The summed E-state index contributed by atoms with van der Waals surface area (Å²) < 4.78 is 4.64. The molecule has 0 saturated heterocycles. The van der Waals surface area contributed by atoms with Gasteiger partial charge in [0.15, 0.2) is 0 Å². The van der Waals surface area contributed by atoms with Gasteiger partial charge in [0.25, 0.3) is 0 Å². The number of carbonyl (C=O) groups is 1. The number of carbonyl (C=O) groups excluding carboxylic acids is 1. The maximum absolute atomic E-state index is 11.3. The van der Waals surface area contributed by atoms with E-state index in [1.165, 1.54) is 7.11 Å². The van der Waals surface area contributed by atoms with E-state index in [-0.39, 0.29) is 5.97 Å². The van der Waals surface area contributed by atoms with Crippen molar-refractivity contribution in [3.8, 4) is 0 Å². The highest BCUT2D eigenvalue weighted by Gasteiger charge is 2.10. The summed E-state index contributed by atoms with van der Waals surface area (Å²) >= 11 is 0. The Kier molecular flexibility index (Phi) is 3.12. The average Bonchev–Trinajstić information content (AvgIpc) is 2.16. The van der Waals surface area contributed by atoms with E-state index in [1.807, 2.05) is 19.1 Å². The number of methoxy groups -OCH3 is 1. The standard InChI is InChI=1S/C10H11BO2/c1-7-4-3-5-8(9(7)6-11)10(12)13-2/h3-5H,6H2,1-2H3. The number of ether oxygens (including phenoxy) is 1. The van der Waals surface area contributed by atoms with Crippen molar-refractivity contribution in [3.63, 3.8) is 0 Å². The van der Waals surface area contributed by atoms with Crippen molar-refractivity contribution in [1.29, 1.82) is 0 Å². The normalized spacial score (nSPS) is 9.69. The lowest BCUT2D eigenvalue weighted by Gasteiger charge is -2.08. The van der Waals surface area contributed by atoms with Gasteiger partial charge in [0, 0.05) is 0 Å². The SMILES string of the molecule is [B]Cc1c(C)cccc1C(=O)OC. The summed E-state index contributed by atoms with van der Waals surface area (Å²) in [5.41, 5.74) is 2.43. The fourth-order valence-electron chi connectivity index (χ4n) is 1.27. The highest BCUT2D eigenvalue weighted by molar-refractivity contribution is 6.09. The van der Waals surface area contributed by atoms with Crippen molar-refractivity contribution in [1.82, 2.24) is 0 Å². The summed E-state index contributed by atoms with van der Waals surface area (Å²) in [4.78, 5) is 11.3.